The Morgan fingerprint density at radius 3 is 2.43 bits per heavy atom. The topological polar surface area (TPSA) is 49.3 Å². The molecule has 0 aliphatic heterocycles. The van der Waals surface area contributed by atoms with Crippen LogP contribution in [-0.2, 0) is 6.42 Å². The van der Waals surface area contributed by atoms with Crippen LogP contribution < -0.4 is 5.32 Å². The first-order chi connectivity index (χ1) is 9.99. The first-order valence-corrected chi connectivity index (χ1v) is 6.50. The quantitative estimate of drug-likeness (QED) is 0.883. The fraction of sp³-hybridized carbons (Fsp3) is 0.188. The van der Waals surface area contributed by atoms with Gasteiger partial charge in [-0.15, -0.1) is 0 Å². The van der Waals surface area contributed by atoms with Crippen LogP contribution in [-0.4, -0.2) is 17.1 Å². The van der Waals surface area contributed by atoms with Gasteiger partial charge in [0.25, 0.3) is 0 Å². The van der Waals surface area contributed by atoms with Crippen molar-refractivity contribution in [1.29, 1.82) is 0 Å². The van der Waals surface area contributed by atoms with E-state index in [2.05, 4.69) is 5.32 Å². The van der Waals surface area contributed by atoms with Gasteiger partial charge in [-0.1, -0.05) is 30.3 Å². The highest BCUT2D eigenvalue weighted by atomic mass is 19.2. The van der Waals surface area contributed by atoms with Gasteiger partial charge in [-0.3, -0.25) is 0 Å². The molecule has 0 bridgehead atoms. The molecule has 0 amide bonds. The fourth-order valence-electron chi connectivity index (χ4n) is 2.11. The lowest BCUT2D eigenvalue weighted by Gasteiger charge is -2.16. The third-order valence-corrected chi connectivity index (χ3v) is 3.10. The first-order valence-electron chi connectivity index (χ1n) is 6.50. The second kappa shape index (κ2) is 6.35. The minimum Gasteiger partial charge on any atom is -0.478 e. The van der Waals surface area contributed by atoms with E-state index in [0.29, 0.717) is 6.42 Å². The van der Waals surface area contributed by atoms with Crippen molar-refractivity contribution >= 4 is 11.7 Å². The zero-order valence-corrected chi connectivity index (χ0v) is 11.4. The fourth-order valence-corrected chi connectivity index (χ4v) is 2.11. The average molecular weight is 291 g/mol. The number of nitrogens with one attached hydrogen (secondary N) is 1. The van der Waals surface area contributed by atoms with Gasteiger partial charge in [0.15, 0.2) is 11.6 Å². The molecule has 2 aromatic rings. The summed E-state index contributed by atoms with van der Waals surface area (Å²) in [6.45, 7) is 1.84. The minimum atomic E-state index is -1.49. The van der Waals surface area contributed by atoms with Crippen molar-refractivity contribution in [1.82, 2.24) is 0 Å². The average Bonchev–Trinajstić information content (AvgIpc) is 2.44. The van der Waals surface area contributed by atoms with Crippen molar-refractivity contribution in [3.63, 3.8) is 0 Å². The lowest BCUT2D eigenvalue weighted by Crippen LogP contribution is -2.19. The molecule has 0 aromatic heterocycles. The highest BCUT2D eigenvalue weighted by Gasteiger charge is 2.18. The molecule has 2 rings (SSSR count). The van der Waals surface area contributed by atoms with Crippen LogP contribution in [0, 0.1) is 11.6 Å². The predicted molar refractivity (Wildman–Crippen MR) is 76.5 cm³/mol. The van der Waals surface area contributed by atoms with E-state index in [1.807, 2.05) is 37.3 Å². The molecule has 2 aromatic carbocycles. The maximum Gasteiger partial charge on any atom is 0.338 e. The summed E-state index contributed by atoms with van der Waals surface area (Å²) >= 11 is 0. The van der Waals surface area contributed by atoms with Crippen LogP contribution in [0.3, 0.4) is 0 Å². The number of aromatic carboxylic acids is 1. The molecule has 0 aliphatic rings. The largest absolute Gasteiger partial charge is 0.478 e. The van der Waals surface area contributed by atoms with Gasteiger partial charge in [-0.2, -0.15) is 0 Å². The van der Waals surface area contributed by atoms with Crippen LogP contribution in [0.2, 0.25) is 0 Å². The van der Waals surface area contributed by atoms with Gasteiger partial charge in [0.05, 0.1) is 11.3 Å². The van der Waals surface area contributed by atoms with Gasteiger partial charge in [-0.25, -0.2) is 13.6 Å². The molecule has 1 unspecified atom stereocenters. The third kappa shape index (κ3) is 3.56. The normalized spacial score (nSPS) is 12.0. The van der Waals surface area contributed by atoms with Crippen LogP contribution in [0.4, 0.5) is 14.5 Å². The molecule has 1 atom stereocenters. The molecule has 3 nitrogen and oxygen atoms in total. The van der Waals surface area contributed by atoms with Gasteiger partial charge >= 0.3 is 5.97 Å². The Bertz CT molecular complexity index is 644. The molecule has 110 valence electrons. The molecule has 0 spiro atoms. The van der Waals surface area contributed by atoms with Crippen LogP contribution in [0.15, 0.2) is 42.5 Å². The molecular weight excluding hydrogens is 276 g/mol. The number of anilines is 1. The molecule has 5 heteroatoms. The standard InChI is InChI=1S/C16H15F2NO2/c1-10(9-11-5-3-2-4-6-11)19-13-8-7-12(16(20)21)14(17)15(13)18/h2-8,10,19H,9H2,1H3,(H,20,21). The van der Waals surface area contributed by atoms with E-state index in [9.17, 15) is 13.6 Å². The minimum absolute atomic E-state index is 0.0408. The number of carboxylic acids is 1. The van der Waals surface area contributed by atoms with Crippen LogP contribution in [0.25, 0.3) is 0 Å². The van der Waals surface area contributed by atoms with E-state index in [0.717, 1.165) is 11.6 Å². The predicted octanol–water partition coefficient (Wildman–Crippen LogP) is 3.71. The van der Waals surface area contributed by atoms with E-state index in [1.54, 1.807) is 0 Å². The Labute approximate surface area is 121 Å². The van der Waals surface area contributed by atoms with Crippen molar-refractivity contribution < 1.29 is 18.7 Å². The summed E-state index contributed by atoms with van der Waals surface area (Å²) in [5.41, 5.74) is 0.357. The van der Waals surface area contributed by atoms with E-state index in [-0.39, 0.29) is 11.7 Å². The van der Waals surface area contributed by atoms with Gasteiger partial charge in [0.1, 0.15) is 0 Å². The molecular formula is C16H15F2NO2. The molecule has 2 N–H and O–H groups in total. The molecule has 0 saturated heterocycles. The summed E-state index contributed by atoms with van der Waals surface area (Å²) in [5.74, 6) is -4.01. The molecule has 0 heterocycles. The van der Waals surface area contributed by atoms with Crippen molar-refractivity contribution in [2.45, 2.75) is 19.4 Å². The number of hydrogen-bond donors (Lipinski definition) is 2. The van der Waals surface area contributed by atoms with Gasteiger partial charge in [-0.05, 0) is 31.0 Å². The second-order valence-electron chi connectivity index (χ2n) is 4.83. The Kier molecular flexibility index (Phi) is 4.52. The Hall–Kier alpha value is -2.43. The van der Waals surface area contributed by atoms with Crippen LogP contribution in [0.1, 0.15) is 22.8 Å². The Morgan fingerprint density at radius 2 is 1.81 bits per heavy atom. The number of hydrogen-bond acceptors (Lipinski definition) is 2. The molecule has 0 radical (unpaired) electrons. The lowest BCUT2D eigenvalue weighted by molar-refractivity contribution is 0.0690. The van der Waals surface area contributed by atoms with Gasteiger partial charge in [0.2, 0.25) is 0 Å². The number of halogens is 2. The van der Waals surface area contributed by atoms with Crippen molar-refractivity contribution in [3.8, 4) is 0 Å². The SMILES string of the molecule is CC(Cc1ccccc1)Nc1ccc(C(=O)O)c(F)c1F. The summed E-state index contributed by atoms with van der Waals surface area (Å²) in [6.07, 6.45) is 0.641. The number of carboxylic acid groups (broad SMARTS) is 1. The highest BCUT2D eigenvalue weighted by Crippen LogP contribution is 2.22. The van der Waals surface area contributed by atoms with E-state index >= 15 is 0 Å². The summed E-state index contributed by atoms with van der Waals surface area (Å²) in [6, 6.07) is 11.8. The number of carbonyl (C=O) groups is 1. The Morgan fingerprint density at radius 1 is 1.14 bits per heavy atom. The summed E-state index contributed by atoms with van der Waals surface area (Å²) in [4.78, 5) is 10.7. The lowest BCUT2D eigenvalue weighted by atomic mass is 10.1. The molecule has 0 fully saturated rings. The van der Waals surface area contributed by atoms with Crippen molar-refractivity contribution in [3.05, 3.63) is 65.2 Å². The van der Waals surface area contributed by atoms with Gasteiger partial charge in [0, 0.05) is 6.04 Å². The zero-order valence-electron chi connectivity index (χ0n) is 11.4. The first kappa shape index (κ1) is 15.0. The smallest absolute Gasteiger partial charge is 0.338 e. The van der Waals surface area contributed by atoms with Crippen molar-refractivity contribution in [2.75, 3.05) is 5.32 Å². The highest BCUT2D eigenvalue weighted by molar-refractivity contribution is 5.88. The number of benzene rings is 2. The van der Waals surface area contributed by atoms with Crippen LogP contribution >= 0.6 is 0 Å². The molecule has 0 aliphatic carbocycles. The molecule has 0 saturated carbocycles. The summed E-state index contributed by atoms with van der Waals surface area (Å²) in [7, 11) is 0. The zero-order chi connectivity index (χ0) is 15.4. The maximum atomic E-state index is 13.8. The van der Waals surface area contributed by atoms with Gasteiger partial charge < -0.3 is 10.4 Å². The van der Waals surface area contributed by atoms with Crippen LogP contribution in [0.5, 0.6) is 0 Å². The maximum absolute atomic E-state index is 13.8. The third-order valence-electron chi connectivity index (χ3n) is 3.10. The van der Waals surface area contributed by atoms with E-state index in [4.69, 9.17) is 5.11 Å². The van der Waals surface area contributed by atoms with E-state index < -0.39 is 23.2 Å². The Balaban J connectivity index is 2.13. The van der Waals surface area contributed by atoms with Crippen molar-refractivity contribution in [2.24, 2.45) is 0 Å². The monoisotopic (exact) mass is 291 g/mol. The molecule has 21 heavy (non-hydrogen) atoms. The summed E-state index contributed by atoms with van der Waals surface area (Å²) in [5, 5.41) is 11.6. The summed E-state index contributed by atoms with van der Waals surface area (Å²) < 4.78 is 27.4. The second-order valence-corrected chi connectivity index (χ2v) is 4.83. The number of rotatable bonds is 5. The van der Waals surface area contributed by atoms with E-state index in [1.165, 1.54) is 6.07 Å².